The summed E-state index contributed by atoms with van der Waals surface area (Å²) in [5.41, 5.74) is 6.33. The molecule has 0 aromatic carbocycles. The predicted octanol–water partition coefficient (Wildman–Crippen LogP) is 1.65. The molecular weight excluding hydrogens is 246 g/mol. The summed E-state index contributed by atoms with van der Waals surface area (Å²) in [4.78, 5) is 7.03. The number of hydrogen-bond acceptors (Lipinski definition) is 4. The van der Waals surface area contributed by atoms with Gasteiger partial charge in [0, 0.05) is 18.0 Å². The van der Waals surface area contributed by atoms with E-state index in [1.807, 2.05) is 0 Å². The third-order valence-electron chi connectivity index (χ3n) is 3.61. The molecule has 2 unspecified atom stereocenters. The lowest BCUT2D eigenvalue weighted by Crippen LogP contribution is -2.37. The molecule has 5 heteroatoms. The largest absolute Gasteiger partial charge is 0.396 e. The van der Waals surface area contributed by atoms with Crippen LogP contribution in [0.4, 0.5) is 5.69 Å². The van der Waals surface area contributed by atoms with Crippen molar-refractivity contribution in [2.45, 2.75) is 36.6 Å². The molecule has 1 aromatic rings. The van der Waals surface area contributed by atoms with E-state index in [2.05, 4.69) is 16.9 Å². The first-order valence-corrected chi connectivity index (χ1v) is 7.78. The van der Waals surface area contributed by atoms with Crippen molar-refractivity contribution in [2.24, 2.45) is 0 Å². The highest BCUT2D eigenvalue weighted by atomic mass is 32.2. The van der Waals surface area contributed by atoms with Gasteiger partial charge in [-0.15, -0.1) is 0 Å². The van der Waals surface area contributed by atoms with E-state index in [-0.39, 0.29) is 0 Å². The summed E-state index contributed by atoms with van der Waals surface area (Å²) >= 11 is 0. The van der Waals surface area contributed by atoms with Crippen LogP contribution in [-0.2, 0) is 10.8 Å². The maximum absolute atomic E-state index is 12.2. The lowest BCUT2D eigenvalue weighted by molar-refractivity contribution is 0.182. The van der Waals surface area contributed by atoms with Crippen molar-refractivity contribution in [1.82, 2.24) is 9.88 Å². The Morgan fingerprint density at radius 3 is 3.11 bits per heavy atom. The van der Waals surface area contributed by atoms with Crippen LogP contribution < -0.4 is 5.73 Å². The van der Waals surface area contributed by atoms with Crippen LogP contribution in [0.5, 0.6) is 0 Å². The SMILES string of the molecule is CN1CCCCC1CCS(=O)c1ccncc1N. The molecule has 1 aromatic heterocycles. The summed E-state index contributed by atoms with van der Waals surface area (Å²) in [6, 6.07) is 2.33. The van der Waals surface area contributed by atoms with Crippen LogP contribution in [0.1, 0.15) is 25.7 Å². The maximum Gasteiger partial charge on any atom is 0.0664 e. The molecule has 0 spiro atoms. The second-order valence-electron chi connectivity index (χ2n) is 4.88. The van der Waals surface area contributed by atoms with E-state index in [0.29, 0.717) is 17.5 Å². The van der Waals surface area contributed by atoms with Gasteiger partial charge in [0.2, 0.25) is 0 Å². The Labute approximate surface area is 111 Å². The lowest BCUT2D eigenvalue weighted by Gasteiger charge is -2.32. The highest BCUT2D eigenvalue weighted by molar-refractivity contribution is 7.85. The molecule has 1 fully saturated rings. The van der Waals surface area contributed by atoms with Gasteiger partial charge in [-0.05, 0) is 38.9 Å². The van der Waals surface area contributed by atoms with Gasteiger partial charge in [-0.3, -0.25) is 9.19 Å². The Kier molecular flexibility index (Phi) is 4.72. The second-order valence-corrected chi connectivity index (χ2v) is 6.42. The molecule has 100 valence electrons. The molecule has 2 heterocycles. The van der Waals surface area contributed by atoms with Crippen molar-refractivity contribution in [3.05, 3.63) is 18.5 Å². The number of hydrogen-bond donors (Lipinski definition) is 1. The van der Waals surface area contributed by atoms with Crippen molar-refractivity contribution in [3.8, 4) is 0 Å². The number of likely N-dealkylation sites (tertiary alicyclic amines) is 1. The van der Waals surface area contributed by atoms with Gasteiger partial charge in [-0.1, -0.05) is 6.42 Å². The summed E-state index contributed by atoms with van der Waals surface area (Å²) < 4.78 is 12.2. The van der Waals surface area contributed by atoms with Gasteiger partial charge in [0.1, 0.15) is 0 Å². The molecule has 0 amide bonds. The summed E-state index contributed by atoms with van der Waals surface area (Å²) in [6.07, 6.45) is 7.99. The number of pyridine rings is 1. The van der Waals surface area contributed by atoms with Crippen LogP contribution in [0.15, 0.2) is 23.4 Å². The quantitative estimate of drug-likeness (QED) is 0.901. The molecule has 2 atom stereocenters. The van der Waals surface area contributed by atoms with Gasteiger partial charge in [0.15, 0.2) is 0 Å². The van der Waals surface area contributed by atoms with Gasteiger partial charge in [0.25, 0.3) is 0 Å². The van der Waals surface area contributed by atoms with Crippen LogP contribution in [-0.4, -0.2) is 39.5 Å². The van der Waals surface area contributed by atoms with E-state index < -0.39 is 10.8 Å². The molecule has 4 nitrogen and oxygen atoms in total. The fourth-order valence-electron chi connectivity index (χ4n) is 2.46. The number of nitrogens with two attached hydrogens (primary N) is 1. The Balaban J connectivity index is 1.90. The summed E-state index contributed by atoms with van der Waals surface area (Å²) in [5.74, 6) is 0.684. The highest BCUT2D eigenvalue weighted by Crippen LogP contribution is 2.20. The van der Waals surface area contributed by atoms with Crippen LogP contribution in [0.2, 0.25) is 0 Å². The first-order chi connectivity index (χ1) is 8.68. The minimum atomic E-state index is -1.00. The Hall–Kier alpha value is -0.940. The van der Waals surface area contributed by atoms with E-state index in [0.717, 1.165) is 17.9 Å². The number of nitrogens with zero attached hydrogens (tertiary/aromatic N) is 2. The molecule has 0 saturated carbocycles. The van der Waals surface area contributed by atoms with Crippen LogP contribution >= 0.6 is 0 Å². The van der Waals surface area contributed by atoms with E-state index in [1.54, 1.807) is 18.5 Å². The molecule has 18 heavy (non-hydrogen) atoms. The molecule has 2 N–H and O–H groups in total. The van der Waals surface area contributed by atoms with Crippen LogP contribution in [0.3, 0.4) is 0 Å². The van der Waals surface area contributed by atoms with Crippen molar-refractivity contribution >= 4 is 16.5 Å². The first kappa shape index (κ1) is 13.5. The lowest BCUT2D eigenvalue weighted by atomic mass is 10.0. The minimum absolute atomic E-state index is 0.535. The standard InChI is InChI=1S/C13H21N3OS/c1-16-8-3-2-4-11(16)6-9-18(17)13-5-7-15-10-12(13)14/h5,7,10-11H,2-4,6,8-9,14H2,1H3. The van der Waals surface area contributed by atoms with E-state index in [1.165, 1.54) is 19.3 Å². The number of nitrogen functional groups attached to an aromatic ring is 1. The smallest absolute Gasteiger partial charge is 0.0664 e. The van der Waals surface area contributed by atoms with Gasteiger partial charge in [-0.25, -0.2) is 0 Å². The zero-order chi connectivity index (χ0) is 13.0. The fraction of sp³-hybridized carbons (Fsp3) is 0.615. The van der Waals surface area contributed by atoms with Crippen LogP contribution in [0, 0.1) is 0 Å². The number of aromatic nitrogens is 1. The third kappa shape index (κ3) is 3.29. The van der Waals surface area contributed by atoms with Gasteiger partial charge >= 0.3 is 0 Å². The van der Waals surface area contributed by atoms with Crippen LogP contribution in [0.25, 0.3) is 0 Å². The fourth-order valence-corrected chi connectivity index (χ4v) is 3.70. The van der Waals surface area contributed by atoms with Crippen molar-refractivity contribution < 1.29 is 4.21 Å². The molecule has 0 bridgehead atoms. The summed E-state index contributed by atoms with van der Waals surface area (Å²) in [5, 5.41) is 0. The summed E-state index contributed by atoms with van der Waals surface area (Å²) in [7, 11) is 1.16. The first-order valence-electron chi connectivity index (χ1n) is 6.46. The zero-order valence-electron chi connectivity index (χ0n) is 10.8. The van der Waals surface area contributed by atoms with Crippen molar-refractivity contribution in [3.63, 3.8) is 0 Å². The number of piperidine rings is 1. The highest BCUT2D eigenvalue weighted by Gasteiger charge is 2.20. The molecule has 1 aliphatic heterocycles. The average Bonchev–Trinajstić information content (AvgIpc) is 2.38. The van der Waals surface area contributed by atoms with Crippen molar-refractivity contribution in [1.29, 1.82) is 0 Å². The molecule has 2 rings (SSSR count). The molecule has 0 radical (unpaired) electrons. The Morgan fingerprint density at radius 1 is 1.56 bits per heavy atom. The van der Waals surface area contributed by atoms with E-state index in [9.17, 15) is 4.21 Å². The Morgan fingerprint density at radius 2 is 2.39 bits per heavy atom. The molecule has 1 saturated heterocycles. The average molecular weight is 267 g/mol. The molecule has 0 aliphatic carbocycles. The van der Waals surface area contributed by atoms with E-state index in [4.69, 9.17) is 5.73 Å². The monoisotopic (exact) mass is 267 g/mol. The normalized spacial score (nSPS) is 22.8. The topological polar surface area (TPSA) is 59.2 Å². The summed E-state index contributed by atoms with van der Waals surface area (Å²) in [6.45, 7) is 1.16. The Bertz CT molecular complexity index is 424. The maximum atomic E-state index is 12.2. The molecular formula is C13H21N3OS. The predicted molar refractivity (Wildman–Crippen MR) is 74.8 cm³/mol. The van der Waals surface area contributed by atoms with Gasteiger partial charge in [0.05, 0.1) is 27.6 Å². The number of anilines is 1. The van der Waals surface area contributed by atoms with Gasteiger partial charge < -0.3 is 10.6 Å². The minimum Gasteiger partial charge on any atom is -0.396 e. The van der Waals surface area contributed by atoms with E-state index >= 15 is 0 Å². The van der Waals surface area contributed by atoms with Gasteiger partial charge in [-0.2, -0.15) is 0 Å². The third-order valence-corrected chi connectivity index (χ3v) is 5.08. The number of rotatable bonds is 4. The second kappa shape index (κ2) is 6.29. The van der Waals surface area contributed by atoms with Crippen molar-refractivity contribution in [2.75, 3.05) is 25.1 Å². The molecule has 1 aliphatic rings. The zero-order valence-corrected chi connectivity index (χ0v) is 11.7.